The van der Waals surface area contributed by atoms with Gasteiger partial charge in [-0.05, 0) is 43.3 Å². The Morgan fingerprint density at radius 1 is 1.05 bits per heavy atom. The molecule has 22 heavy (non-hydrogen) atoms. The Kier molecular flexibility index (Phi) is 6.44. The molecule has 0 aromatic heterocycles. The zero-order chi connectivity index (χ0) is 15.9. The lowest BCUT2D eigenvalue weighted by Crippen LogP contribution is -2.39. The number of rotatable bonds is 2. The fourth-order valence-electron chi connectivity index (χ4n) is 3.18. The van der Waals surface area contributed by atoms with Gasteiger partial charge in [0.25, 0.3) is 0 Å². The van der Waals surface area contributed by atoms with Gasteiger partial charge in [-0.3, -0.25) is 9.69 Å². The van der Waals surface area contributed by atoms with Gasteiger partial charge < -0.3 is 4.90 Å². The van der Waals surface area contributed by atoms with Crippen LogP contribution in [0.4, 0.5) is 0 Å². The maximum atomic E-state index is 11.8. The Hall–Kier alpha value is -1.35. The van der Waals surface area contributed by atoms with Crippen LogP contribution in [-0.2, 0) is 11.3 Å². The lowest BCUT2D eigenvalue weighted by atomic mass is 10.0. The summed E-state index contributed by atoms with van der Waals surface area (Å²) in [5.41, 5.74) is 1.39. The molecule has 1 aromatic carbocycles. The van der Waals surface area contributed by atoms with Crippen LogP contribution in [0.25, 0.3) is 0 Å². The molecule has 1 amide bonds. The van der Waals surface area contributed by atoms with Crippen LogP contribution in [0, 0.1) is 11.8 Å². The molecule has 2 rings (SSSR count). The molecular formula is C19H30N2O. The molecule has 1 aliphatic heterocycles. The number of carbonyl (C=O) groups is 1. The average molecular weight is 302 g/mol. The van der Waals surface area contributed by atoms with Gasteiger partial charge in [0, 0.05) is 26.6 Å². The van der Waals surface area contributed by atoms with Crippen molar-refractivity contribution < 1.29 is 4.79 Å². The molecule has 1 heterocycles. The van der Waals surface area contributed by atoms with Crippen molar-refractivity contribution in [3.05, 3.63) is 35.9 Å². The van der Waals surface area contributed by atoms with Crippen molar-refractivity contribution in [1.29, 1.82) is 0 Å². The first-order chi connectivity index (χ1) is 10.5. The maximum Gasteiger partial charge on any atom is 0.219 e. The van der Waals surface area contributed by atoms with Crippen LogP contribution in [-0.4, -0.2) is 41.9 Å². The van der Waals surface area contributed by atoms with E-state index < -0.39 is 0 Å². The average Bonchev–Trinajstić information content (AvgIpc) is 2.50. The van der Waals surface area contributed by atoms with Gasteiger partial charge in [0.2, 0.25) is 5.91 Å². The number of hydrogen-bond donors (Lipinski definition) is 0. The molecule has 1 saturated heterocycles. The Morgan fingerprint density at radius 2 is 1.59 bits per heavy atom. The molecule has 3 nitrogen and oxygen atoms in total. The Labute approximate surface area is 135 Å². The van der Waals surface area contributed by atoms with Gasteiger partial charge in [0.1, 0.15) is 0 Å². The molecule has 1 aromatic rings. The first-order valence-corrected chi connectivity index (χ1v) is 8.56. The molecule has 122 valence electrons. The van der Waals surface area contributed by atoms with Crippen molar-refractivity contribution in [1.82, 2.24) is 9.80 Å². The molecule has 2 unspecified atom stereocenters. The summed E-state index contributed by atoms with van der Waals surface area (Å²) in [4.78, 5) is 16.4. The number of amides is 1. The number of nitrogens with zero attached hydrogens (tertiary/aromatic N) is 2. The minimum Gasteiger partial charge on any atom is -0.342 e. The Balaban J connectivity index is 1.97. The smallest absolute Gasteiger partial charge is 0.219 e. The third-order valence-electron chi connectivity index (χ3n) is 4.63. The van der Waals surface area contributed by atoms with Gasteiger partial charge >= 0.3 is 0 Å². The van der Waals surface area contributed by atoms with Crippen molar-refractivity contribution in [3.63, 3.8) is 0 Å². The highest BCUT2D eigenvalue weighted by Crippen LogP contribution is 2.16. The van der Waals surface area contributed by atoms with Crippen LogP contribution in [0.5, 0.6) is 0 Å². The molecule has 3 heteroatoms. The monoisotopic (exact) mass is 302 g/mol. The highest BCUT2D eigenvalue weighted by Gasteiger charge is 2.19. The second-order valence-electron chi connectivity index (χ2n) is 6.97. The predicted octanol–water partition coefficient (Wildman–Crippen LogP) is 3.40. The fourth-order valence-corrected chi connectivity index (χ4v) is 3.18. The van der Waals surface area contributed by atoms with Crippen molar-refractivity contribution >= 4 is 5.91 Å². The van der Waals surface area contributed by atoms with E-state index in [4.69, 9.17) is 0 Å². The normalized spacial score (nSPS) is 25.0. The molecule has 1 fully saturated rings. The van der Waals surface area contributed by atoms with Gasteiger partial charge in [-0.15, -0.1) is 0 Å². The molecule has 0 saturated carbocycles. The Morgan fingerprint density at radius 3 is 2.09 bits per heavy atom. The van der Waals surface area contributed by atoms with Crippen LogP contribution in [0.1, 0.15) is 39.2 Å². The summed E-state index contributed by atoms with van der Waals surface area (Å²) in [6.07, 6.45) is 2.32. The summed E-state index contributed by atoms with van der Waals surface area (Å²) in [5.74, 6) is 1.35. The van der Waals surface area contributed by atoms with E-state index in [0.29, 0.717) is 11.8 Å². The molecule has 0 N–H and O–H groups in total. The van der Waals surface area contributed by atoms with Crippen LogP contribution < -0.4 is 0 Å². The highest BCUT2D eigenvalue weighted by atomic mass is 16.2. The number of hydrogen-bond acceptors (Lipinski definition) is 2. The zero-order valence-electron chi connectivity index (χ0n) is 14.3. The lowest BCUT2D eigenvalue weighted by Gasteiger charge is -2.32. The summed E-state index contributed by atoms with van der Waals surface area (Å²) in [6, 6.07) is 10.7. The first-order valence-electron chi connectivity index (χ1n) is 8.56. The SMILES string of the molecule is CC(=O)N1CC(C)CCN(Cc2ccccc2)CCC(C)C1. The van der Waals surface area contributed by atoms with E-state index in [-0.39, 0.29) is 5.91 Å². The van der Waals surface area contributed by atoms with Gasteiger partial charge in [0.05, 0.1) is 0 Å². The van der Waals surface area contributed by atoms with Crippen molar-refractivity contribution in [2.75, 3.05) is 26.2 Å². The Bertz CT molecular complexity index is 444. The standard InChI is InChI=1S/C19H30N2O/c1-16-9-11-20(15-19-7-5-4-6-8-19)12-10-17(2)14-21(13-16)18(3)22/h4-8,16-17H,9-15H2,1-3H3. The van der Waals surface area contributed by atoms with Crippen LogP contribution in [0.2, 0.25) is 0 Å². The highest BCUT2D eigenvalue weighted by molar-refractivity contribution is 5.73. The molecule has 2 atom stereocenters. The van der Waals surface area contributed by atoms with Gasteiger partial charge in [-0.25, -0.2) is 0 Å². The fraction of sp³-hybridized carbons (Fsp3) is 0.632. The maximum absolute atomic E-state index is 11.8. The quantitative estimate of drug-likeness (QED) is 0.836. The third kappa shape index (κ3) is 5.45. The van der Waals surface area contributed by atoms with Gasteiger partial charge in [-0.1, -0.05) is 44.2 Å². The third-order valence-corrected chi connectivity index (χ3v) is 4.63. The van der Waals surface area contributed by atoms with Crippen LogP contribution in [0.15, 0.2) is 30.3 Å². The van der Waals surface area contributed by atoms with Crippen LogP contribution in [0.3, 0.4) is 0 Å². The van der Waals surface area contributed by atoms with Crippen LogP contribution >= 0.6 is 0 Å². The van der Waals surface area contributed by atoms with E-state index in [0.717, 1.165) is 45.6 Å². The molecule has 0 radical (unpaired) electrons. The minimum atomic E-state index is 0.223. The van der Waals surface area contributed by atoms with E-state index in [1.165, 1.54) is 5.56 Å². The lowest BCUT2D eigenvalue weighted by molar-refractivity contribution is -0.130. The van der Waals surface area contributed by atoms with E-state index >= 15 is 0 Å². The second-order valence-corrected chi connectivity index (χ2v) is 6.97. The van der Waals surface area contributed by atoms with E-state index in [9.17, 15) is 4.79 Å². The number of carbonyl (C=O) groups excluding carboxylic acids is 1. The topological polar surface area (TPSA) is 23.6 Å². The molecule has 0 spiro atoms. The molecule has 0 bridgehead atoms. The van der Waals surface area contributed by atoms with Crippen molar-refractivity contribution in [2.45, 2.75) is 40.2 Å². The van der Waals surface area contributed by atoms with E-state index in [1.807, 2.05) is 4.90 Å². The van der Waals surface area contributed by atoms with Gasteiger partial charge in [0.15, 0.2) is 0 Å². The van der Waals surface area contributed by atoms with E-state index in [2.05, 4.69) is 49.1 Å². The summed E-state index contributed by atoms with van der Waals surface area (Å²) < 4.78 is 0. The van der Waals surface area contributed by atoms with Gasteiger partial charge in [-0.2, -0.15) is 0 Å². The van der Waals surface area contributed by atoms with Crippen molar-refractivity contribution in [3.8, 4) is 0 Å². The summed E-state index contributed by atoms with van der Waals surface area (Å²) in [6.45, 7) is 11.3. The number of benzene rings is 1. The molecule has 1 aliphatic rings. The second kappa shape index (κ2) is 8.33. The summed E-state index contributed by atoms with van der Waals surface area (Å²) >= 11 is 0. The van der Waals surface area contributed by atoms with Crippen molar-refractivity contribution in [2.24, 2.45) is 11.8 Å². The largest absolute Gasteiger partial charge is 0.342 e. The predicted molar refractivity (Wildman–Crippen MR) is 91.5 cm³/mol. The summed E-state index contributed by atoms with van der Waals surface area (Å²) in [5, 5.41) is 0. The first kappa shape index (κ1) is 17.0. The minimum absolute atomic E-state index is 0.223. The van der Waals surface area contributed by atoms with E-state index in [1.54, 1.807) is 6.92 Å². The summed E-state index contributed by atoms with van der Waals surface area (Å²) in [7, 11) is 0. The molecular weight excluding hydrogens is 272 g/mol. The molecule has 0 aliphatic carbocycles. The zero-order valence-corrected chi connectivity index (χ0v) is 14.3.